The maximum atomic E-state index is 6.18. The summed E-state index contributed by atoms with van der Waals surface area (Å²) in [5.41, 5.74) is 3.68. The molecule has 0 atom stereocenters. The molecule has 9 heteroatoms. The summed E-state index contributed by atoms with van der Waals surface area (Å²) in [6, 6.07) is 48.1. The van der Waals surface area contributed by atoms with Crippen LogP contribution in [0.2, 0.25) is 6.55 Å². The van der Waals surface area contributed by atoms with E-state index < -0.39 is 44.3 Å². The number of para-hydroxylation sites is 2. The molecule has 2 radical (unpaired) electrons. The van der Waals surface area contributed by atoms with Gasteiger partial charge in [0.1, 0.15) is 0 Å². The van der Waals surface area contributed by atoms with E-state index >= 15 is 0 Å². The van der Waals surface area contributed by atoms with Gasteiger partial charge in [0.15, 0.2) is 0 Å². The van der Waals surface area contributed by atoms with Crippen molar-refractivity contribution in [1.29, 1.82) is 0 Å². The molecule has 6 nitrogen and oxygen atoms in total. The van der Waals surface area contributed by atoms with Crippen LogP contribution in [0.5, 0.6) is 23.0 Å². The van der Waals surface area contributed by atoms with E-state index in [0.29, 0.717) is 0 Å². The number of rotatable bonds is 11. The topological polar surface area (TPSA) is 62.7 Å². The zero-order valence-electron chi connectivity index (χ0n) is 27.0. The fourth-order valence-corrected chi connectivity index (χ4v) is 12.0. The Bertz CT molecular complexity index is 2050. The second-order valence-corrected chi connectivity index (χ2v) is 18.5. The standard InChI is InChI=1S/C19H18O2Si.2C10H9NO.2Ga/c1-22(17-5-3-2-4-6-17,18-11-7-15(20)8-12-18)19-13-9-16(21)10-14-19;2*1-7-5-6-8-3-2-4-9(12)10(8)11-7;;/h2-14,20-21H,1H3;2*2-6,12H,1H3;;/q;;;2*+2/p-4. The van der Waals surface area contributed by atoms with Crippen LogP contribution in [0.15, 0.2) is 140 Å². The Kier molecular flexibility index (Phi) is 9.64. The van der Waals surface area contributed by atoms with Gasteiger partial charge >= 0.3 is 300 Å². The van der Waals surface area contributed by atoms with Gasteiger partial charge in [0.2, 0.25) is 0 Å². The summed E-state index contributed by atoms with van der Waals surface area (Å²) in [4.78, 5) is 9.35. The van der Waals surface area contributed by atoms with E-state index in [0.717, 1.165) is 56.2 Å². The Morgan fingerprint density at radius 2 is 0.875 bits per heavy atom. The number of fused-ring (bicyclic) bond motifs is 2. The summed E-state index contributed by atoms with van der Waals surface area (Å²) in [5, 5.41) is 6.06. The first-order valence-electron chi connectivity index (χ1n) is 15.8. The summed E-state index contributed by atoms with van der Waals surface area (Å²) in [7, 11) is -2.33. The average molecular weight is 760 g/mol. The summed E-state index contributed by atoms with van der Waals surface area (Å²) in [5.74, 6) is 3.19. The van der Waals surface area contributed by atoms with Crippen LogP contribution >= 0.6 is 0 Å². The summed E-state index contributed by atoms with van der Waals surface area (Å²) in [6.07, 6.45) is 0. The van der Waals surface area contributed by atoms with Gasteiger partial charge in [-0.05, 0) is 0 Å². The molecule has 7 rings (SSSR count). The number of hydrogen-bond donors (Lipinski definition) is 0. The molecule has 0 aliphatic carbocycles. The first-order chi connectivity index (χ1) is 23.5. The van der Waals surface area contributed by atoms with E-state index in [9.17, 15) is 0 Å². The Hall–Kier alpha value is -4.39. The van der Waals surface area contributed by atoms with Gasteiger partial charge < -0.3 is 0 Å². The Morgan fingerprint density at radius 3 is 1.33 bits per heavy atom. The van der Waals surface area contributed by atoms with E-state index in [2.05, 4.69) is 108 Å². The van der Waals surface area contributed by atoms with Crippen molar-refractivity contribution in [1.82, 2.24) is 9.97 Å². The van der Waals surface area contributed by atoms with E-state index in [1.165, 1.54) is 15.6 Å². The van der Waals surface area contributed by atoms with Crippen molar-refractivity contribution in [2.75, 3.05) is 0 Å². The predicted molar refractivity (Wildman–Crippen MR) is 197 cm³/mol. The minimum absolute atomic E-state index is 0.777. The van der Waals surface area contributed by atoms with Gasteiger partial charge in [0, 0.05) is 0 Å². The van der Waals surface area contributed by atoms with Crippen molar-refractivity contribution < 1.29 is 14.1 Å². The van der Waals surface area contributed by atoms with Gasteiger partial charge in [-0.2, -0.15) is 0 Å². The fourth-order valence-electron chi connectivity index (χ4n) is 5.89. The van der Waals surface area contributed by atoms with Crippen molar-refractivity contribution >= 4 is 81.7 Å². The van der Waals surface area contributed by atoms with Crippen LogP contribution in [0.25, 0.3) is 21.8 Å². The molecule has 0 saturated carbocycles. The number of aryl methyl sites for hydroxylation is 2. The molecule has 0 N–H and O–H groups in total. The molecule has 2 aromatic heterocycles. The van der Waals surface area contributed by atoms with Crippen LogP contribution in [0.3, 0.4) is 0 Å². The van der Waals surface area contributed by atoms with Crippen molar-refractivity contribution in [3.8, 4) is 23.0 Å². The van der Waals surface area contributed by atoms with E-state index in [-0.39, 0.29) is 0 Å². The molecule has 232 valence electrons. The summed E-state index contributed by atoms with van der Waals surface area (Å²) < 4.78 is 24.7. The second-order valence-electron chi connectivity index (χ2n) is 11.8. The molecule has 0 saturated heterocycles. The third-order valence-electron chi connectivity index (χ3n) is 8.58. The van der Waals surface area contributed by atoms with Crippen LogP contribution in [0.1, 0.15) is 11.4 Å². The Balaban J connectivity index is 1.05. The van der Waals surface area contributed by atoms with Crippen molar-refractivity contribution in [3.05, 3.63) is 151 Å². The van der Waals surface area contributed by atoms with Gasteiger partial charge in [0.05, 0.1) is 0 Å². The molecule has 0 spiro atoms. The van der Waals surface area contributed by atoms with E-state index in [1.807, 2.05) is 62.4 Å². The number of hydrogen-bond acceptors (Lipinski definition) is 6. The molecule has 0 aliphatic rings. The fraction of sp³-hybridized carbons (Fsp3) is 0.0769. The van der Waals surface area contributed by atoms with Gasteiger partial charge in [-0.25, -0.2) is 0 Å². The normalized spacial score (nSPS) is 11.2. The molecule has 0 fully saturated rings. The molecule has 2 heterocycles. The first-order valence-corrected chi connectivity index (χ1v) is 22.2. The summed E-state index contributed by atoms with van der Waals surface area (Å²) >= 11 is -3.01. The van der Waals surface area contributed by atoms with Gasteiger partial charge in [-0.1, -0.05) is 0 Å². The van der Waals surface area contributed by atoms with Crippen molar-refractivity contribution in [2.45, 2.75) is 20.4 Å². The number of aromatic nitrogens is 2. The molecule has 0 unspecified atom stereocenters. The van der Waals surface area contributed by atoms with E-state index in [4.69, 9.17) is 14.1 Å². The van der Waals surface area contributed by atoms with Gasteiger partial charge in [0.25, 0.3) is 0 Å². The van der Waals surface area contributed by atoms with Gasteiger partial charge in [-0.3, -0.25) is 0 Å². The van der Waals surface area contributed by atoms with Crippen LogP contribution < -0.4 is 29.7 Å². The molecule has 0 aliphatic heterocycles. The van der Waals surface area contributed by atoms with Crippen LogP contribution in [-0.4, -0.2) is 54.3 Å². The average Bonchev–Trinajstić information content (AvgIpc) is 3.12. The Labute approximate surface area is 298 Å². The zero-order chi connectivity index (χ0) is 32.9. The molecule has 0 amide bonds. The third-order valence-corrected chi connectivity index (χ3v) is 16.1. The first kappa shape index (κ1) is 32.2. The molecular formula is C39H32Ga2N2O4Si. The van der Waals surface area contributed by atoms with Gasteiger partial charge in [-0.15, -0.1) is 0 Å². The number of benzene rings is 5. The van der Waals surface area contributed by atoms with Crippen molar-refractivity contribution in [3.63, 3.8) is 0 Å². The molecule has 7 aromatic rings. The van der Waals surface area contributed by atoms with Crippen LogP contribution in [0.4, 0.5) is 0 Å². The monoisotopic (exact) mass is 758 g/mol. The van der Waals surface area contributed by atoms with Crippen LogP contribution in [0, 0.1) is 13.8 Å². The van der Waals surface area contributed by atoms with Crippen LogP contribution in [-0.2, 0) is 0 Å². The zero-order valence-corrected chi connectivity index (χ0v) is 32.8. The molecule has 0 bridgehead atoms. The minimum atomic E-state index is -2.33. The molecule has 48 heavy (non-hydrogen) atoms. The Morgan fingerprint density at radius 1 is 0.438 bits per heavy atom. The third kappa shape index (κ3) is 6.92. The predicted octanol–water partition coefficient (Wildman–Crippen LogP) is 6.48. The number of pyridine rings is 2. The quantitative estimate of drug-likeness (QED) is 0.111. The van der Waals surface area contributed by atoms with E-state index in [1.54, 1.807) is 0 Å². The second kappa shape index (κ2) is 14.4. The maximum absolute atomic E-state index is 6.18. The molecule has 5 aromatic carbocycles. The number of nitrogens with zero attached hydrogens (tertiary/aromatic N) is 2. The molecular weight excluding hydrogens is 728 g/mol. The summed E-state index contributed by atoms with van der Waals surface area (Å²) in [6.45, 7) is 6.38. The SMILES string of the molecule is Cc1ccc2cccc([O][Ga][O]c3ccc([Si](C)(c4ccccc4)c4ccc([O][Ga][O]c5cccc6ccc(C)nc56)cc4)cc3)c2n1. The van der Waals surface area contributed by atoms with Crippen molar-refractivity contribution in [2.24, 2.45) is 0 Å².